The molecular formula is C22H26N2O3S2. The van der Waals surface area contributed by atoms with Crippen molar-refractivity contribution in [3.8, 4) is 0 Å². The minimum atomic E-state index is -0.647. The zero-order valence-electron chi connectivity index (χ0n) is 16.5. The number of thioether (sulfide) groups is 1. The van der Waals surface area contributed by atoms with Gasteiger partial charge in [0.2, 0.25) is 5.91 Å². The molecule has 2 atom stereocenters. The molecule has 2 amide bonds. The van der Waals surface area contributed by atoms with Gasteiger partial charge in [-0.05, 0) is 44.2 Å². The fraction of sp³-hybridized carbons (Fsp3) is 0.409. The first kappa shape index (κ1) is 21.7. The summed E-state index contributed by atoms with van der Waals surface area (Å²) < 4.78 is 0.408. The predicted molar refractivity (Wildman–Crippen MR) is 121 cm³/mol. The minimum absolute atomic E-state index is 0.0337. The lowest BCUT2D eigenvalue weighted by Gasteiger charge is -2.38. The van der Waals surface area contributed by atoms with Gasteiger partial charge < -0.3 is 10.0 Å². The standard InChI is InChI=1S/C22H26N2O3S2/c1-16(20(26)23-14-6-5-11-18(23)13-15-25)24-21(27)19(29-22(24)28)12-7-10-17-8-3-2-4-9-17/h2-4,7-10,12,16,18,25H,5-6,11,13-15H2,1H3/b10-7+,19-12-. The molecule has 0 radical (unpaired) electrons. The molecule has 0 saturated carbocycles. The van der Waals surface area contributed by atoms with Crippen LogP contribution in [0.25, 0.3) is 6.08 Å². The van der Waals surface area contributed by atoms with Crippen molar-refractivity contribution in [2.24, 2.45) is 0 Å². The van der Waals surface area contributed by atoms with Gasteiger partial charge in [-0.2, -0.15) is 0 Å². The number of aliphatic hydroxyl groups excluding tert-OH is 1. The smallest absolute Gasteiger partial charge is 0.266 e. The Bertz CT molecular complexity index is 821. The van der Waals surface area contributed by atoms with Crippen molar-refractivity contribution < 1.29 is 14.7 Å². The highest BCUT2D eigenvalue weighted by Gasteiger charge is 2.40. The molecule has 1 aromatic rings. The highest BCUT2D eigenvalue weighted by Crippen LogP contribution is 2.33. The van der Waals surface area contributed by atoms with Crippen molar-refractivity contribution in [2.75, 3.05) is 13.2 Å². The van der Waals surface area contributed by atoms with E-state index in [1.807, 2.05) is 47.4 Å². The highest BCUT2D eigenvalue weighted by molar-refractivity contribution is 8.26. The van der Waals surface area contributed by atoms with Crippen molar-refractivity contribution in [1.82, 2.24) is 9.80 Å². The molecule has 1 aromatic carbocycles. The van der Waals surface area contributed by atoms with Gasteiger partial charge in [0.15, 0.2) is 0 Å². The number of nitrogens with zero attached hydrogens (tertiary/aromatic N) is 2. The van der Waals surface area contributed by atoms with Crippen LogP contribution < -0.4 is 0 Å². The molecule has 3 rings (SSSR count). The minimum Gasteiger partial charge on any atom is -0.396 e. The van der Waals surface area contributed by atoms with E-state index in [2.05, 4.69) is 0 Å². The highest BCUT2D eigenvalue weighted by atomic mass is 32.2. The lowest BCUT2D eigenvalue weighted by Crippen LogP contribution is -2.53. The SMILES string of the molecule is CC(C(=O)N1CCCCC1CCO)N1C(=O)/C(=C/C=C/c2ccccc2)SC1=S. The molecule has 7 heteroatoms. The topological polar surface area (TPSA) is 60.9 Å². The summed E-state index contributed by atoms with van der Waals surface area (Å²) in [7, 11) is 0. The first-order valence-corrected chi connectivity index (χ1v) is 11.2. The van der Waals surface area contributed by atoms with Gasteiger partial charge in [-0.15, -0.1) is 0 Å². The fourth-order valence-electron chi connectivity index (χ4n) is 3.73. The molecular weight excluding hydrogens is 404 g/mol. The Morgan fingerprint density at radius 3 is 2.83 bits per heavy atom. The monoisotopic (exact) mass is 430 g/mol. The molecule has 0 aromatic heterocycles. The van der Waals surface area contributed by atoms with Crippen LogP contribution in [0.1, 0.15) is 38.2 Å². The third-order valence-corrected chi connectivity index (χ3v) is 6.63. The number of benzene rings is 1. The summed E-state index contributed by atoms with van der Waals surface area (Å²) >= 11 is 6.64. The van der Waals surface area contributed by atoms with Gasteiger partial charge in [0, 0.05) is 19.2 Å². The third kappa shape index (κ3) is 5.15. The van der Waals surface area contributed by atoms with E-state index in [1.54, 1.807) is 13.0 Å². The molecule has 2 aliphatic heterocycles. The average molecular weight is 431 g/mol. The third-order valence-electron chi connectivity index (χ3n) is 5.28. The van der Waals surface area contributed by atoms with Crippen LogP contribution in [0.15, 0.2) is 47.4 Å². The number of rotatable bonds is 6. The van der Waals surface area contributed by atoms with Gasteiger partial charge in [0.25, 0.3) is 5.91 Å². The number of piperidine rings is 1. The van der Waals surface area contributed by atoms with E-state index in [1.165, 1.54) is 16.7 Å². The van der Waals surface area contributed by atoms with E-state index in [-0.39, 0.29) is 24.5 Å². The molecule has 1 N–H and O–H groups in total. The van der Waals surface area contributed by atoms with Crippen molar-refractivity contribution in [3.05, 3.63) is 53.0 Å². The Labute approximate surface area is 181 Å². The van der Waals surface area contributed by atoms with Crippen molar-refractivity contribution in [2.45, 2.75) is 44.7 Å². The number of likely N-dealkylation sites (tertiary alicyclic amines) is 1. The Morgan fingerprint density at radius 1 is 1.34 bits per heavy atom. The second-order valence-corrected chi connectivity index (χ2v) is 8.89. The van der Waals surface area contributed by atoms with Crippen LogP contribution in [0.5, 0.6) is 0 Å². The van der Waals surface area contributed by atoms with E-state index in [0.717, 1.165) is 24.8 Å². The van der Waals surface area contributed by atoms with Crippen LogP contribution >= 0.6 is 24.0 Å². The van der Waals surface area contributed by atoms with Gasteiger partial charge in [0.1, 0.15) is 10.4 Å². The first-order valence-electron chi connectivity index (χ1n) is 9.93. The summed E-state index contributed by atoms with van der Waals surface area (Å²) in [5.41, 5.74) is 1.04. The number of allylic oxidation sites excluding steroid dienone is 2. The zero-order valence-corrected chi connectivity index (χ0v) is 18.1. The summed E-state index contributed by atoms with van der Waals surface area (Å²) in [4.78, 5) is 29.8. The van der Waals surface area contributed by atoms with Gasteiger partial charge in [-0.1, -0.05) is 66.5 Å². The van der Waals surface area contributed by atoms with E-state index >= 15 is 0 Å². The van der Waals surface area contributed by atoms with E-state index in [4.69, 9.17) is 12.2 Å². The van der Waals surface area contributed by atoms with Crippen molar-refractivity contribution in [1.29, 1.82) is 0 Å². The van der Waals surface area contributed by atoms with E-state index in [9.17, 15) is 14.7 Å². The van der Waals surface area contributed by atoms with E-state index < -0.39 is 6.04 Å². The Balaban J connectivity index is 1.70. The molecule has 0 bridgehead atoms. The Morgan fingerprint density at radius 2 is 2.10 bits per heavy atom. The Hall–Kier alpha value is -1.96. The first-order chi connectivity index (χ1) is 14.0. The van der Waals surface area contributed by atoms with Gasteiger partial charge in [-0.3, -0.25) is 14.5 Å². The summed E-state index contributed by atoms with van der Waals surface area (Å²) in [5, 5.41) is 9.31. The fourth-order valence-corrected chi connectivity index (χ4v) is 5.10. The van der Waals surface area contributed by atoms with Crippen molar-refractivity contribution >= 4 is 46.2 Å². The van der Waals surface area contributed by atoms with E-state index in [0.29, 0.717) is 22.2 Å². The van der Waals surface area contributed by atoms with Crippen molar-refractivity contribution in [3.63, 3.8) is 0 Å². The molecule has 154 valence electrons. The molecule has 5 nitrogen and oxygen atoms in total. The number of aliphatic hydroxyl groups is 1. The van der Waals surface area contributed by atoms with Crippen LogP contribution in [0.3, 0.4) is 0 Å². The molecule has 0 spiro atoms. The van der Waals surface area contributed by atoms with Crippen LogP contribution in [-0.2, 0) is 9.59 Å². The zero-order chi connectivity index (χ0) is 20.8. The number of amides is 2. The van der Waals surface area contributed by atoms with Crippen LogP contribution in [0, 0.1) is 0 Å². The number of thiocarbonyl (C=S) groups is 1. The second kappa shape index (κ2) is 10.2. The molecule has 2 fully saturated rings. The maximum absolute atomic E-state index is 13.1. The largest absolute Gasteiger partial charge is 0.396 e. The summed E-state index contributed by atoms with van der Waals surface area (Å²) in [5.74, 6) is -0.324. The second-order valence-electron chi connectivity index (χ2n) is 7.21. The number of hydrogen-bond acceptors (Lipinski definition) is 5. The number of hydrogen-bond donors (Lipinski definition) is 1. The lowest BCUT2D eigenvalue weighted by molar-refractivity contribution is -0.142. The number of carbonyl (C=O) groups is 2. The van der Waals surface area contributed by atoms with Crippen LogP contribution in [0.2, 0.25) is 0 Å². The van der Waals surface area contributed by atoms with Gasteiger partial charge >= 0.3 is 0 Å². The van der Waals surface area contributed by atoms with Crippen LogP contribution in [0.4, 0.5) is 0 Å². The maximum atomic E-state index is 13.1. The molecule has 2 heterocycles. The summed E-state index contributed by atoms with van der Waals surface area (Å²) in [6, 6.07) is 9.22. The molecule has 2 unspecified atom stereocenters. The summed E-state index contributed by atoms with van der Waals surface area (Å²) in [6.07, 6.45) is 8.97. The molecule has 29 heavy (non-hydrogen) atoms. The lowest BCUT2D eigenvalue weighted by atomic mass is 9.98. The summed E-state index contributed by atoms with van der Waals surface area (Å²) in [6.45, 7) is 2.46. The average Bonchev–Trinajstić information content (AvgIpc) is 3.01. The normalized spacial score (nSPS) is 22.7. The number of carbonyl (C=O) groups excluding carboxylic acids is 2. The molecule has 2 saturated heterocycles. The molecule has 2 aliphatic rings. The Kier molecular flexibility index (Phi) is 7.64. The maximum Gasteiger partial charge on any atom is 0.266 e. The van der Waals surface area contributed by atoms with Crippen LogP contribution in [-0.4, -0.2) is 56.3 Å². The van der Waals surface area contributed by atoms with Gasteiger partial charge in [-0.25, -0.2) is 0 Å². The predicted octanol–water partition coefficient (Wildman–Crippen LogP) is 3.60. The molecule has 0 aliphatic carbocycles. The quantitative estimate of drug-likeness (QED) is 0.552. The van der Waals surface area contributed by atoms with Gasteiger partial charge in [0.05, 0.1) is 4.91 Å².